The fourth-order valence-corrected chi connectivity index (χ4v) is 1.09. The van der Waals surface area contributed by atoms with Crippen LogP contribution < -0.4 is 21.3 Å². The van der Waals surface area contributed by atoms with Gasteiger partial charge in [-0.2, -0.15) is 15.0 Å². The zero-order valence-electron chi connectivity index (χ0n) is 9.52. The van der Waals surface area contributed by atoms with Crippen LogP contribution in [0.5, 0.6) is 6.01 Å². The molecule has 0 radical (unpaired) electrons. The maximum absolute atomic E-state index is 5.22. The molecule has 0 aliphatic carbocycles. The summed E-state index contributed by atoms with van der Waals surface area (Å²) < 4.78 is 9.89. The number of hydrazine groups is 1. The number of rotatable bonds is 6. The van der Waals surface area contributed by atoms with Gasteiger partial charge in [-0.05, 0) is 6.92 Å². The van der Waals surface area contributed by atoms with E-state index >= 15 is 0 Å². The summed E-state index contributed by atoms with van der Waals surface area (Å²) >= 11 is 0. The van der Waals surface area contributed by atoms with Crippen molar-refractivity contribution in [3.8, 4) is 6.01 Å². The van der Waals surface area contributed by atoms with Crippen molar-refractivity contribution in [2.24, 2.45) is 5.84 Å². The molecule has 0 saturated heterocycles. The first-order chi connectivity index (χ1) is 7.69. The van der Waals surface area contributed by atoms with E-state index in [0.29, 0.717) is 12.6 Å². The lowest BCUT2D eigenvalue weighted by Gasteiger charge is -2.13. The van der Waals surface area contributed by atoms with Crippen molar-refractivity contribution in [3.63, 3.8) is 0 Å². The number of methoxy groups -OCH3 is 2. The van der Waals surface area contributed by atoms with E-state index in [1.165, 1.54) is 7.11 Å². The molecule has 0 aliphatic heterocycles. The van der Waals surface area contributed by atoms with E-state index in [1.54, 1.807) is 7.11 Å². The summed E-state index contributed by atoms with van der Waals surface area (Å²) in [4.78, 5) is 11.9. The van der Waals surface area contributed by atoms with Crippen LogP contribution in [0.25, 0.3) is 0 Å². The molecule has 0 saturated carbocycles. The molecule has 0 amide bonds. The highest BCUT2D eigenvalue weighted by atomic mass is 16.5. The third-order valence-corrected chi connectivity index (χ3v) is 1.72. The Morgan fingerprint density at radius 1 is 1.25 bits per heavy atom. The molecule has 1 unspecified atom stereocenters. The maximum Gasteiger partial charge on any atom is 0.322 e. The Morgan fingerprint density at radius 3 is 2.50 bits per heavy atom. The summed E-state index contributed by atoms with van der Waals surface area (Å²) in [5, 5.41) is 3.03. The van der Waals surface area contributed by atoms with Crippen LogP contribution in [0.4, 0.5) is 11.9 Å². The van der Waals surface area contributed by atoms with Gasteiger partial charge in [0.05, 0.1) is 13.7 Å². The second kappa shape index (κ2) is 6.03. The normalized spacial score (nSPS) is 12.0. The summed E-state index contributed by atoms with van der Waals surface area (Å²) in [7, 11) is 3.09. The number of hydrogen-bond donors (Lipinski definition) is 3. The molecule has 8 heteroatoms. The highest BCUT2D eigenvalue weighted by molar-refractivity contribution is 5.35. The van der Waals surface area contributed by atoms with Crippen LogP contribution in [0, 0.1) is 0 Å². The molecule has 0 fully saturated rings. The lowest BCUT2D eigenvalue weighted by atomic mass is 10.4. The molecule has 1 atom stereocenters. The Balaban J connectivity index is 2.78. The van der Waals surface area contributed by atoms with Gasteiger partial charge in [0.15, 0.2) is 0 Å². The van der Waals surface area contributed by atoms with E-state index in [9.17, 15) is 0 Å². The third kappa shape index (κ3) is 3.48. The predicted octanol–water partition coefficient (Wildman–Crippen LogP) is -0.387. The minimum Gasteiger partial charge on any atom is -0.467 e. The SMILES string of the molecule is COCC(C)Nc1nc(NN)nc(OC)n1. The van der Waals surface area contributed by atoms with Gasteiger partial charge < -0.3 is 14.8 Å². The number of nitrogens with two attached hydrogens (primary N) is 1. The molecule has 16 heavy (non-hydrogen) atoms. The van der Waals surface area contributed by atoms with Gasteiger partial charge in [-0.25, -0.2) is 5.84 Å². The first-order valence-corrected chi connectivity index (χ1v) is 4.71. The molecule has 0 aliphatic rings. The Bertz CT molecular complexity index is 312. The standard InChI is InChI=1S/C8H16N6O2/c1-5(4-15-2)10-6-11-7(14-9)13-8(12-6)16-3/h5H,4,9H2,1-3H3,(H2,10,11,12,13,14). The number of ether oxygens (including phenoxy) is 2. The van der Waals surface area contributed by atoms with Gasteiger partial charge in [0, 0.05) is 13.2 Å². The first-order valence-electron chi connectivity index (χ1n) is 4.71. The Morgan fingerprint density at radius 2 is 1.94 bits per heavy atom. The van der Waals surface area contributed by atoms with E-state index in [-0.39, 0.29) is 18.0 Å². The summed E-state index contributed by atoms with van der Waals surface area (Å²) in [5.41, 5.74) is 2.33. The van der Waals surface area contributed by atoms with E-state index in [4.69, 9.17) is 15.3 Å². The largest absolute Gasteiger partial charge is 0.467 e. The average Bonchev–Trinajstić information content (AvgIpc) is 2.28. The fourth-order valence-electron chi connectivity index (χ4n) is 1.09. The van der Waals surface area contributed by atoms with Crippen molar-refractivity contribution in [2.75, 3.05) is 31.6 Å². The highest BCUT2D eigenvalue weighted by Gasteiger charge is 2.08. The average molecular weight is 228 g/mol. The van der Waals surface area contributed by atoms with E-state index in [0.717, 1.165) is 0 Å². The van der Waals surface area contributed by atoms with Crippen molar-refractivity contribution in [2.45, 2.75) is 13.0 Å². The number of hydrogen-bond acceptors (Lipinski definition) is 8. The molecular formula is C8H16N6O2. The Hall–Kier alpha value is -1.67. The first kappa shape index (κ1) is 12.4. The molecule has 4 N–H and O–H groups in total. The number of aromatic nitrogens is 3. The number of anilines is 2. The fraction of sp³-hybridized carbons (Fsp3) is 0.625. The highest BCUT2D eigenvalue weighted by Crippen LogP contribution is 2.10. The predicted molar refractivity (Wildman–Crippen MR) is 59.1 cm³/mol. The van der Waals surface area contributed by atoms with E-state index in [2.05, 4.69) is 25.7 Å². The summed E-state index contributed by atoms with van der Waals surface area (Å²) in [5.74, 6) is 5.84. The minimum absolute atomic E-state index is 0.0720. The van der Waals surface area contributed by atoms with Crippen molar-refractivity contribution in [1.82, 2.24) is 15.0 Å². The van der Waals surface area contributed by atoms with E-state index < -0.39 is 0 Å². The van der Waals surface area contributed by atoms with Crippen LogP contribution in [-0.2, 0) is 4.74 Å². The number of nitrogens with zero attached hydrogens (tertiary/aromatic N) is 3. The maximum atomic E-state index is 5.22. The molecule has 1 aromatic rings. The van der Waals surface area contributed by atoms with Crippen LogP contribution in [0.2, 0.25) is 0 Å². The molecule has 0 bridgehead atoms. The van der Waals surface area contributed by atoms with Gasteiger partial charge in [-0.1, -0.05) is 0 Å². The zero-order valence-corrected chi connectivity index (χ0v) is 9.52. The molecule has 1 rings (SSSR count). The van der Waals surface area contributed by atoms with E-state index in [1.807, 2.05) is 6.92 Å². The summed E-state index contributed by atoms with van der Waals surface area (Å²) in [6, 6.07) is 0.262. The topological polar surface area (TPSA) is 107 Å². The third-order valence-electron chi connectivity index (χ3n) is 1.72. The number of nitrogen functional groups attached to an aromatic ring is 1. The summed E-state index contributed by atoms with van der Waals surface area (Å²) in [6.45, 7) is 2.48. The molecule has 1 heterocycles. The lowest BCUT2D eigenvalue weighted by Crippen LogP contribution is -2.23. The van der Waals surface area contributed by atoms with Crippen LogP contribution in [0.15, 0.2) is 0 Å². The molecule has 0 spiro atoms. The molecule has 1 aromatic heterocycles. The van der Waals surface area contributed by atoms with Gasteiger partial charge in [0.25, 0.3) is 0 Å². The molecular weight excluding hydrogens is 212 g/mol. The number of nitrogens with one attached hydrogen (secondary N) is 2. The van der Waals surface area contributed by atoms with Crippen molar-refractivity contribution in [1.29, 1.82) is 0 Å². The van der Waals surface area contributed by atoms with Crippen LogP contribution in [-0.4, -0.2) is 41.8 Å². The quantitative estimate of drug-likeness (QED) is 0.446. The van der Waals surface area contributed by atoms with Crippen molar-refractivity contribution >= 4 is 11.9 Å². The van der Waals surface area contributed by atoms with Gasteiger partial charge >= 0.3 is 6.01 Å². The smallest absolute Gasteiger partial charge is 0.322 e. The monoisotopic (exact) mass is 228 g/mol. The molecule has 90 valence electrons. The minimum atomic E-state index is 0.0720. The zero-order chi connectivity index (χ0) is 12.0. The van der Waals surface area contributed by atoms with Gasteiger partial charge in [0.2, 0.25) is 11.9 Å². The Labute approximate surface area is 93.6 Å². The lowest BCUT2D eigenvalue weighted by molar-refractivity contribution is 0.190. The molecule has 0 aromatic carbocycles. The van der Waals surface area contributed by atoms with Crippen LogP contribution >= 0.6 is 0 Å². The van der Waals surface area contributed by atoms with Crippen LogP contribution in [0.1, 0.15) is 6.92 Å². The Kier molecular flexibility index (Phi) is 4.67. The van der Waals surface area contributed by atoms with Gasteiger partial charge in [-0.3, -0.25) is 5.43 Å². The van der Waals surface area contributed by atoms with Crippen molar-refractivity contribution < 1.29 is 9.47 Å². The second-order valence-electron chi connectivity index (χ2n) is 3.11. The van der Waals surface area contributed by atoms with Gasteiger partial charge in [0.1, 0.15) is 0 Å². The second-order valence-corrected chi connectivity index (χ2v) is 3.11. The van der Waals surface area contributed by atoms with Crippen molar-refractivity contribution in [3.05, 3.63) is 0 Å². The van der Waals surface area contributed by atoms with Crippen LogP contribution in [0.3, 0.4) is 0 Å². The van der Waals surface area contributed by atoms with Gasteiger partial charge in [-0.15, -0.1) is 0 Å². The summed E-state index contributed by atoms with van der Waals surface area (Å²) in [6.07, 6.45) is 0. The molecule has 8 nitrogen and oxygen atoms in total.